The topological polar surface area (TPSA) is 87.2 Å². The number of alkyl halides is 5. The van der Waals surface area contributed by atoms with Crippen molar-refractivity contribution in [2.45, 2.75) is 78.1 Å². The highest BCUT2D eigenvalue weighted by atomic mass is 32.2. The van der Waals surface area contributed by atoms with Crippen molar-refractivity contribution in [3.05, 3.63) is 42.2 Å². The molecule has 0 spiro atoms. The fourth-order valence-corrected chi connectivity index (χ4v) is 7.62. The molecule has 2 aromatic rings. The molecule has 2 aliphatic rings. The smallest absolute Gasteiger partial charge is 0.344 e. The summed E-state index contributed by atoms with van der Waals surface area (Å²) in [5.41, 5.74) is -2.48. The molecular weight excluding hydrogens is 610 g/mol. The van der Waals surface area contributed by atoms with E-state index >= 15 is 0 Å². The summed E-state index contributed by atoms with van der Waals surface area (Å²) >= 11 is 0.944. The van der Waals surface area contributed by atoms with E-state index in [1.807, 2.05) is 0 Å². The van der Waals surface area contributed by atoms with Crippen LogP contribution >= 0.6 is 11.8 Å². The normalized spacial score (nSPS) is 22.0. The maximum absolute atomic E-state index is 14.6. The van der Waals surface area contributed by atoms with E-state index in [0.29, 0.717) is 5.69 Å². The Kier molecular flexibility index (Phi) is 8.80. The molecule has 4 rings (SSSR count). The van der Waals surface area contributed by atoms with Gasteiger partial charge in [-0.05, 0) is 50.6 Å². The van der Waals surface area contributed by atoms with Crippen molar-refractivity contribution in [1.82, 2.24) is 4.31 Å². The Balaban J connectivity index is 1.86. The third-order valence-electron chi connectivity index (χ3n) is 7.23. The number of halogens is 6. The summed E-state index contributed by atoms with van der Waals surface area (Å²) in [5.74, 6) is -8.60. The van der Waals surface area contributed by atoms with Gasteiger partial charge in [-0.1, -0.05) is 0 Å². The van der Waals surface area contributed by atoms with Crippen LogP contribution in [-0.4, -0.2) is 72.8 Å². The summed E-state index contributed by atoms with van der Waals surface area (Å²) in [6.45, 7) is 0.351. The average Bonchev–Trinajstić information content (AvgIpc) is 2.93. The lowest BCUT2D eigenvalue weighted by Gasteiger charge is -2.35. The Hall–Kier alpha value is -2.65. The molecule has 0 aromatic heterocycles. The molecule has 1 saturated carbocycles. The Morgan fingerprint density at radius 2 is 1.76 bits per heavy atom. The monoisotopic (exact) mass is 640 g/mol. The number of aliphatic carboxylic acids is 1. The quantitative estimate of drug-likeness (QED) is 0.298. The first-order valence-corrected chi connectivity index (χ1v) is 15.3. The number of carboxylic acid groups (broad SMARTS) is 1. The molecule has 15 heteroatoms. The molecule has 0 amide bonds. The van der Waals surface area contributed by atoms with Gasteiger partial charge in [0.2, 0.25) is 27.5 Å². The molecule has 42 heavy (non-hydrogen) atoms. The molecule has 1 fully saturated rings. The molecule has 1 heterocycles. The number of hydrogen-bond acceptors (Lipinski definition) is 6. The van der Waals surface area contributed by atoms with Crippen LogP contribution in [0.5, 0.6) is 5.75 Å². The van der Waals surface area contributed by atoms with Gasteiger partial charge in [0.25, 0.3) is 0 Å². The van der Waals surface area contributed by atoms with Crippen LogP contribution in [0.2, 0.25) is 0 Å². The van der Waals surface area contributed by atoms with Gasteiger partial charge >= 0.3 is 5.97 Å². The van der Waals surface area contributed by atoms with Crippen molar-refractivity contribution in [2.24, 2.45) is 0 Å². The molecule has 2 aromatic carbocycles. The predicted molar refractivity (Wildman–Crippen MR) is 145 cm³/mol. The number of ether oxygens (including phenoxy) is 1. The molecule has 1 aliphatic heterocycles. The van der Waals surface area contributed by atoms with E-state index in [-0.39, 0.29) is 34.2 Å². The Morgan fingerprint density at radius 1 is 1.14 bits per heavy atom. The molecule has 7 nitrogen and oxygen atoms in total. The van der Waals surface area contributed by atoms with Crippen molar-refractivity contribution in [2.75, 3.05) is 25.1 Å². The minimum Gasteiger partial charge on any atom is -0.488 e. The van der Waals surface area contributed by atoms with Crippen LogP contribution in [0.15, 0.2) is 46.2 Å². The zero-order chi connectivity index (χ0) is 31.3. The van der Waals surface area contributed by atoms with E-state index in [2.05, 4.69) is 0 Å². The molecule has 0 bridgehead atoms. The van der Waals surface area contributed by atoms with Gasteiger partial charge in [-0.15, -0.1) is 11.8 Å². The van der Waals surface area contributed by atoms with Gasteiger partial charge in [0.15, 0.2) is 0 Å². The lowest BCUT2D eigenvalue weighted by Crippen LogP contribution is -2.41. The van der Waals surface area contributed by atoms with Gasteiger partial charge < -0.3 is 14.7 Å². The number of benzene rings is 2. The molecular formula is C27H30F6N2O5S2. The Bertz CT molecular complexity index is 1430. The van der Waals surface area contributed by atoms with Gasteiger partial charge in [0.1, 0.15) is 23.1 Å². The molecule has 2 atom stereocenters. The first-order chi connectivity index (χ1) is 19.3. The minimum atomic E-state index is -4.42. The van der Waals surface area contributed by atoms with Crippen LogP contribution in [-0.2, 0) is 14.8 Å². The molecule has 232 valence electrons. The van der Waals surface area contributed by atoms with E-state index < -0.39 is 76.5 Å². The number of thioether (sulfide) groups is 1. The predicted octanol–water partition coefficient (Wildman–Crippen LogP) is 6.48. The summed E-state index contributed by atoms with van der Waals surface area (Å²) < 4.78 is 117. The highest BCUT2D eigenvalue weighted by molar-refractivity contribution is 8.00. The van der Waals surface area contributed by atoms with Gasteiger partial charge in [-0.25, -0.2) is 39.6 Å². The first kappa shape index (κ1) is 32.3. The third kappa shape index (κ3) is 7.10. The maximum Gasteiger partial charge on any atom is 0.344 e. The minimum absolute atomic E-state index is 0.0430. The number of sulfonamides is 1. The molecule has 1 aliphatic carbocycles. The number of hydrogen-bond donors (Lipinski definition) is 1. The van der Waals surface area contributed by atoms with E-state index in [1.165, 1.54) is 30.1 Å². The number of anilines is 2. The van der Waals surface area contributed by atoms with Crippen LogP contribution in [0.1, 0.15) is 39.5 Å². The number of rotatable bonds is 10. The van der Waals surface area contributed by atoms with Gasteiger partial charge in [0, 0.05) is 55.9 Å². The lowest BCUT2D eigenvalue weighted by atomic mass is 9.94. The van der Waals surface area contributed by atoms with Gasteiger partial charge in [-0.2, -0.15) is 4.31 Å². The van der Waals surface area contributed by atoms with Crippen molar-refractivity contribution in [1.29, 1.82) is 0 Å². The summed E-state index contributed by atoms with van der Waals surface area (Å²) in [5, 5.41) is 8.57. The Labute approximate surface area is 243 Å². The summed E-state index contributed by atoms with van der Waals surface area (Å²) in [4.78, 5) is 12.6. The van der Waals surface area contributed by atoms with Crippen molar-refractivity contribution in [3.8, 4) is 5.75 Å². The van der Waals surface area contributed by atoms with E-state index in [9.17, 15) is 44.7 Å². The highest BCUT2D eigenvalue weighted by Gasteiger charge is 2.47. The van der Waals surface area contributed by atoms with E-state index in [0.717, 1.165) is 48.1 Å². The van der Waals surface area contributed by atoms with Crippen molar-refractivity contribution < 1.29 is 49.4 Å². The van der Waals surface area contributed by atoms with Gasteiger partial charge in [-0.3, -0.25) is 0 Å². The van der Waals surface area contributed by atoms with Crippen LogP contribution in [0, 0.1) is 5.82 Å². The second kappa shape index (κ2) is 11.5. The summed E-state index contributed by atoms with van der Waals surface area (Å²) in [6, 6.07) is 6.50. The lowest BCUT2D eigenvalue weighted by molar-refractivity contribution is -0.151. The standard InChI is InChI=1S/C27H30F6N2O5S2/c1-25(29,24(36)37)15-40-21-11-23-20(10-22(21)41-19-12-27(32,33)13-19)35(17-6-4-16(28)5-7-17)14-18(8-9-26(2,30)31)34(3)42(23,38)39/h4-7,10-11,18-19H,8-9,12-15H2,1-3H3,(H,36,37)/t18-,25+/m0/s1. The number of fused-ring (bicyclic) bond motifs is 1. The zero-order valence-corrected chi connectivity index (χ0v) is 24.6. The number of likely N-dealkylation sites (N-methyl/N-ethyl adjacent to an activating group) is 1. The third-order valence-corrected chi connectivity index (χ3v) is 10.4. The van der Waals surface area contributed by atoms with Crippen LogP contribution in [0.25, 0.3) is 0 Å². The van der Waals surface area contributed by atoms with Gasteiger partial charge in [0.05, 0.1) is 10.6 Å². The molecule has 0 radical (unpaired) electrons. The summed E-state index contributed by atoms with van der Waals surface area (Å²) in [7, 11) is -3.19. The summed E-state index contributed by atoms with van der Waals surface area (Å²) in [6.07, 6.45) is -1.80. The zero-order valence-electron chi connectivity index (χ0n) is 22.9. The second-order valence-corrected chi connectivity index (χ2v) is 14.2. The second-order valence-electron chi connectivity index (χ2n) is 10.9. The fourth-order valence-electron chi connectivity index (χ4n) is 4.63. The first-order valence-electron chi connectivity index (χ1n) is 13.0. The Morgan fingerprint density at radius 3 is 2.31 bits per heavy atom. The highest BCUT2D eigenvalue weighted by Crippen LogP contribution is 2.51. The van der Waals surface area contributed by atoms with E-state index in [4.69, 9.17) is 4.74 Å². The van der Waals surface area contributed by atoms with Crippen LogP contribution in [0.4, 0.5) is 37.7 Å². The number of carbonyl (C=O) groups is 1. The molecule has 0 saturated heterocycles. The number of carboxylic acids is 1. The SMILES string of the molecule is CN1[C@@H](CCC(C)(F)F)CN(c2ccc(F)cc2)c2cc(SC3CC(F)(F)C3)c(OC[C@@](C)(F)C(=O)O)cc2S1(=O)=O. The molecule has 1 N–H and O–H groups in total. The average molecular weight is 641 g/mol. The number of nitrogens with zero attached hydrogens (tertiary/aromatic N) is 2. The fraction of sp³-hybridized carbons (Fsp3) is 0.519. The van der Waals surface area contributed by atoms with Crippen LogP contribution in [0.3, 0.4) is 0 Å². The van der Waals surface area contributed by atoms with Crippen LogP contribution < -0.4 is 9.64 Å². The van der Waals surface area contributed by atoms with E-state index in [1.54, 1.807) is 0 Å². The maximum atomic E-state index is 14.6. The molecule has 0 unspecified atom stereocenters. The van der Waals surface area contributed by atoms with Crippen molar-refractivity contribution in [3.63, 3.8) is 0 Å². The van der Waals surface area contributed by atoms with Crippen molar-refractivity contribution >= 4 is 39.1 Å². The largest absolute Gasteiger partial charge is 0.488 e.